The molecule has 3 nitrogen and oxygen atoms in total. The Morgan fingerprint density at radius 3 is 2.38 bits per heavy atom. The molecule has 0 saturated heterocycles. The van der Waals surface area contributed by atoms with Crippen LogP contribution in [0.2, 0.25) is 0 Å². The molecular weight excluding hydrogens is 324 g/mol. The lowest BCUT2D eigenvalue weighted by molar-refractivity contribution is -0.146. The van der Waals surface area contributed by atoms with Gasteiger partial charge < -0.3 is 9.47 Å². The number of benzene rings is 2. The van der Waals surface area contributed by atoms with E-state index >= 15 is 0 Å². The fourth-order valence-corrected chi connectivity index (χ4v) is 3.56. The van der Waals surface area contributed by atoms with Gasteiger partial charge in [-0.05, 0) is 43.9 Å². The van der Waals surface area contributed by atoms with Gasteiger partial charge in [-0.25, -0.2) is 0 Å². The number of ether oxygens (including phenoxy) is 2. The molecule has 0 bridgehead atoms. The number of esters is 1. The Hall–Kier alpha value is -2.55. The summed E-state index contributed by atoms with van der Waals surface area (Å²) in [6, 6.07) is 20.0. The highest BCUT2D eigenvalue weighted by Gasteiger charge is 2.62. The third-order valence-electron chi connectivity index (χ3n) is 5.17. The number of carbonyl (C=O) groups is 1. The SMILES string of the molecule is CCOC(=O)[C@]1(c2ccccc2)C[C@H]1/C(C)=C/O[C@H](C)c1ccccc1. The van der Waals surface area contributed by atoms with Gasteiger partial charge in [0, 0.05) is 5.92 Å². The minimum Gasteiger partial charge on any atom is -0.494 e. The van der Waals surface area contributed by atoms with Gasteiger partial charge in [-0.15, -0.1) is 0 Å². The van der Waals surface area contributed by atoms with E-state index in [1.54, 1.807) is 0 Å². The van der Waals surface area contributed by atoms with Crippen molar-refractivity contribution in [3.63, 3.8) is 0 Å². The molecule has 1 aliphatic rings. The maximum atomic E-state index is 12.7. The van der Waals surface area contributed by atoms with Crippen LogP contribution >= 0.6 is 0 Å². The van der Waals surface area contributed by atoms with E-state index in [9.17, 15) is 4.79 Å². The van der Waals surface area contributed by atoms with Crippen LogP contribution in [0.4, 0.5) is 0 Å². The Kier molecular flexibility index (Phi) is 5.46. The molecular formula is C23H26O3. The van der Waals surface area contributed by atoms with E-state index < -0.39 is 5.41 Å². The van der Waals surface area contributed by atoms with E-state index in [-0.39, 0.29) is 18.0 Å². The number of hydrogen-bond acceptors (Lipinski definition) is 3. The van der Waals surface area contributed by atoms with E-state index in [1.807, 2.05) is 75.6 Å². The first-order valence-electron chi connectivity index (χ1n) is 9.19. The lowest BCUT2D eigenvalue weighted by Crippen LogP contribution is -2.26. The molecule has 0 heterocycles. The van der Waals surface area contributed by atoms with Gasteiger partial charge in [0.1, 0.15) is 11.5 Å². The largest absolute Gasteiger partial charge is 0.494 e. The maximum Gasteiger partial charge on any atom is 0.317 e. The summed E-state index contributed by atoms with van der Waals surface area (Å²) >= 11 is 0. The highest BCUT2D eigenvalue weighted by molar-refractivity contribution is 5.88. The van der Waals surface area contributed by atoms with Crippen molar-refractivity contribution in [2.75, 3.05) is 6.61 Å². The average molecular weight is 350 g/mol. The van der Waals surface area contributed by atoms with Crippen LogP contribution in [-0.4, -0.2) is 12.6 Å². The molecule has 0 unspecified atom stereocenters. The first kappa shape index (κ1) is 18.2. The predicted octanol–water partition coefficient (Wildman–Crippen LogP) is 5.19. The lowest BCUT2D eigenvalue weighted by Gasteiger charge is -2.17. The summed E-state index contributed by atoms with van der Waals surface area (Å²) in [7, 11) is 0. The predicted molar refractivity (Wildman–Crippen MR) is 103 cm³/mol. The quantitative estimate of drug-likeness (QED) is 0.509. The Balaban J connectivity index is 1.76. The molecule has 1 aliphatic carbocycles. The van der Waals surface area contributed by atoms with Crippen molar-refractivity contribution in [2.45, 2.75) is 38.7 Å². The average Bonchev–Trinajstić information content (AvgIpc) is 3.45. The Morgan fingerprint density at radius 2 is 1.77 bits per heavy atom. The smallest absolute Gasteiger partial charge is 0.317 e. The highest BCUT2D eigenvalue weighted by Crippen LogP contribution is 2.58. The highest BCUT2D eigenvalue weighted by atomic mass is 16.5. The molecule has 0 amide bonds. The Bertz CT molecular complexity index is 767. The molecule has 0 aromatic heterocycles. The Labute approximate surface area is 155 Å². The molecule has 0 spiro atoms. The normalized spacial score (nSPS) is 23.2. The van der Waals surface area contributed by atoms with E-state index in [0.717, 1.165) is 23.1 Å². The van der Waals surface area contributed by atoms with Gasteiger partial charge in [0.2, 0.25) is 0 Å². The van der Waals surface area contributed by atoms with Crippen LogP contribution in [0.5, 0.6) is 0 Å². The van der Waals surface area contributed by atoms with Crippen LogP contribution < -0.4 is 0 Å². The van der Waals surface area contributed by atoms with Crippen LogP contribution in [0.3, 0.4) is 0 Å². The van der Waals surface area contributed by atoms with Crippen LogP contribution in [0.15, 0.2) is 72.5 Å². The third-order valence-corrected chi connectivity index (χ3v) is 5.17. The zero-order valence-electron chi connectivity index (χ0n) is 15.6. The van der Waals surface area contributed by atoms with Gasteiger partial charge in [-0.3, -0.25) is 4.79 Å². The topological polar surface area (TPSA) is 35.5 Å². The molecule has 26 heavy (non-hydrogen) atoms. The number of carbonyl (C=O) groups excluding carboxylic acids is 1. The van der Waals surface area contributed by atoms with E-state index in [1.165, 1.54) is 0 Å². The van der Waals surface area contributed by atoms with E-state index in [0.29, 0.717) is 6.61 Å². The van der Waals surface area contributed by atoms with Gasteiger partial charge in [-0.2, -0.15) is 0 Å². The summed E-state index contributed by atoms with van der Waals surface area (Å²) in [6.45, 7) is 6.31. The molecule has 1 fully saturated rings. The molecule has 1 saturated carbocycles. The van der Waals surface area contributed by atoms with Crippen molar-refractivity contribution in [1.29, 1.82) is 0 Å². The summed E-state index contributed by atoms with van der Waals surface area (Å²) < 4.78 is 11.3. The van der Waals surface area contributed by atoms with Crippen LogP contribution in [0.1, 0.15) is 44.4 Å². The fourth-order valence-electron chi connectivity index (χ4n) is 3.56. The standard InChI is InChI=1S/C23H26O3/c1-4-25-22(24)23(20-13-9-6-10-14-20)15-21(23)17(2)16-26-18(3)19-11-7-5-8-12-19/h5-14,16,18,21H,4,15H2,1-3H3/b17-16+/t18-,21+,23+/m1/s1. The first-order chi connectivity index (χ1) is 12.6. The molecule has 3 rings (SSSR count). The molecule has 136 valence electrons. The van der Waals surface area contributed by atoms with Crippen molar-refractivity contribution in [3.05, 3.63) is 83.6 Å². The zero-order valence-corrected chi connectivity index (χ0v) is 15.6. The van der Waals surface area contributed by atoms with E-state index in [2.05, 4.69) is 12.1 Å². The molecule has 3 heteroatoms. The van der Waals surface area contributed by atoms with Crippen LogP contribution in [0.25, 0.3) is 0 Å². The molecule has 0 N–H and O–H groups in total. The van der Waals surface area contributed by atoms with Crippen molar-refractivity contribution in [3.8, 4) is 0 Å². The first-order valence-corrected chi connectivity index (χ1v) is 9.19. The van der Waals surface area contributed by atoms with Crippen molar-refractivity contribution in [2.24, 2.45) is 5.92 Å². The van der Waals surface area contributed by atoms with Gasteiger partial charge in [-0.1, -0.05) is 60.7 Å². The minimum atomic E-state index is -0.572. The monoisotopic (exact) mass is 350 g/mol. The van der Waals surface area contributed by atoms with Crippen molar-refractivity contribution >= 4 is 5.97 Å². The Morgan fingerprint density at radius 1 is 1.15 bits per heavy atom. The van der Waals surface area contributed by atoms with Crippen molar-refractivity contribution in [1.82, 2.24) is 0 Å². The lowest BCUT2D eigenvalue weighted by atomic mass is 9.91. The number of allylic oxidation sites excluding steroid dienone is 1. The molecule has 0 radical (unpaired) electrons. The molecule has 2 aromatic rings. The van der Waals surface area contributed by atoms with Crippen LogP contribution in [-0.2, 0) is 19.7 Å². The summed E-state index contributed by atoms with van der Waals surface area (Å²) in [6.07, 6.45) is 2.55. The van der Waals surface area contributed by atoms with E-state index in [4.69, 9.17) is 9.47 Å². The van der Waals surface area contributed by atoms with Gasteiger partial charge in [0.25, 0.3) is 0 Å². The van der Waals surface area contributed by atoms with Gasteiger partial charge in [0.05, 0.1) is 12.9 Å². The summed E-state index contributed by atoms with van der Waals surface area (Å²) in [5.41, 5.74) is 2.65. The second-order valence-corrected chi connectivity index (χ2v) is 6.87. The third kappa shape index (κ3) is 3.52. The molecule has 3 atom stereocenters. The molecule has 2 aromatic carbocycles. The number of rotatable bonds is 7. The zero-order chi connectivity index (χ0) is 18.6. The van der Waals surface area contributed by atoms with Gasteiger partial charge in [0.15, 0.2) is 0 Å². The second kappa shape index (κ2) is 7.77. The van der Waals surface area contributed by atoms with Crippen molar-refractivity contribution < 1.29 is 14.3 Å². The van der Waals surface area contributed by atoms with Crippen LogP contribution in [0, 0.1) is 5.92 Å². The molecule has 0 aliphatic heterocycles. The summed E-state index contributed by atoms with van der Waals surface area (Å²) in [5, 5.41) is 0. The second-order valence-electron chi connectivity index (χ2n) is 6.87. The fraction of sp³-hybridized carbons (Fsp3) is 0.348. The van der Waals surface area contributed by atoms with Gasteiger partial charge >= 0.3 is 5.97 Å². The minimum absolute atomic E-state index is 0.0291. The number of hydrogen-bond donors (Lipinski definition) is 0. The summed E-state index contributed by atoms with van der Waals surface area (Å²) in [5.74, 6) is -0.0213. The summed E-state index contributed by atoms with van der Waals surface area (Å²) in [4.78, 5) is 12.7. The maximum absolute atomic E-state index is 12.7.